The Morgan fingerprint density at radius 1 is 0.933 bits per heavy atom. The number of amides is 1. The number of aryl methyl sites for hydroxylation is 1. The van der Waals surface area contributed by atoms with Crippen molar-refractivity contribution in [2.24, 2.45) is 0 Å². The molecular formula is C24H33N3O3. The summed E-state index contributed by atoms with van der Waals surface area (Å²) in [5, 5.41) is 17.3. The Balaban J connectivity index is 2.01. The molecule has 162 valence electrons. The topological polar surface area (TPSA) is 84.3 Å². The maximum atomic E-state index is 12.6. The maximum Gasteiger partial charge on any atom is 0.292 e. The number of nitrogens with one attached hydrogen (secondary N) is 2. The third-order valence-corrected chi connectivity index (χ3v) is 5.08. The second-order valence-electron chi connectivity index (χ2n) is 7.58. The Hall–Kier alpha value is -2.89. The predicted octanol–water partition coefficient (Wildman–Crippen LogP) is 6.57. The number of nitro benzene ring substituents is 1. The van der Waals surface area contributed by atoms with Crippen LogP contribution in [0.1, 0.15) is 74.7 Å². The number of nitro groups is 1. The van der Waals surface area contributed by atoms with Crippen LogP contribution in [-0.4, -0.2) is 17.4 Å². The van der Waals surface area contributed by atoms with Gasteiger partial charge in [0.1, 0.15) is 5.69 Å². The van der Waals surface area contributed by atoms with E-state index in [1.54, 1.807) is 12.1 Å². The minimum atomic E-state index is -0.406. The zero-order valence-corrected chi connectivity index (χ0v) is 18.1. The molecule has 0 fully saturated rings. The molecule has 0 heterocycles. The zero-order valence-electron chi connectivity index (χ0n) is 18.1. The van der Waals surface area contributed by atoms with Gasteiger partial charge in [-0.2, -0.15) is 0 Å². The minimum absolute atomic E-state index is 0.0138. The number of carbonyl (C=O) groups is 1. The molecule has 0 spiro atoms. The maximum absolute atomic E-state index is 12.6. The predicted molar refractivity (Wildman–Crippen MR) is 123 cm³/mol. The second kappa shape index (κ2) is 12.6. The fourth-order valence-corrected chi connectivity index (χ4v) is 3.29. The van der Waals surface area contributed by atoms with Crippen LogP contribution < -0.4 is 10.6 Å². The van der Waals surface area contributed by atoms with E-state index in [2.05, 4.69) is 24.5 Å². The first-order chi connectivity index (χ1) is 14.5. The number of anilines is 2. The molecule has 0 aliphatic rings. The van der Waals surface area contributed by atoms with E-state index in [1.165, 1.54) is 24.5 Å². The molecule has 1 amide bonds. The molecule has 0 radical (unpaired) electrons. The van der Waals surface area contributed by atoms with E-state index in [0.29, 0.717) is 23.5 Å². The Bertz CT molecular complexity index is 819. The van der Waals surface area contributed by atoms with Gasteiger partial charge in [0.05, 0.1) is 4.92 Å². The highest BCUT2D eigenvalue weighted by atomic mass is 16.6. The molecule has 0 aromatic heterocycles. The van der Waals surface area contributed by atoms with Gasteiger partial charge in [0.2, 0.25) is 0 Å². The van der Waals surface area contributed by atoms with Gasteiger partial charge < -0.3 is 10.6 Å². The van der Waals surface area contributed by atoms with Crippen LogP contribution in [0.4, 0.5) is 17.1 Å². The average Bonchev–Trinajstić information content (AvgIpc) is 2.74. The molecule has 2 aromatic carbocycles. The van der Waals surface area contributed by atoms with Crippen molar-refractivity contribution in [3.63, 3.8) is 0 Å². The number of unbranched alkanes of at least 4 members (excludes halogenated alkanes) is 5. The highest BCUT2D eigenvalue weighted by molar-refractivity contribution is 6.04. The molecule has 0 unspecified atom stereocenters. The van der Waals surface area contributed by atoms with Crippen LogP contribution in [-0.2, 0) is 6.42 Å². The molecule has 30 heavy (non-hydrogen) atoms. The summed E-state index contributed by atoms with van der Waals surface area (Å²) in [5.41, 5.74) is 2.78. The second-order valence-corrected chi connectivity index (χ2v) is 7.58. The number of rotatable bonds is 13. The summed E-state index contributed by atoms with van der Waals surface area (Å²) >= 11 is 0. The molecule has 0 aliphatic heterocycles. The molecule has 0 atom stereocenters. The van der Waals surface area contributed by atoms with E-state index in [1.807, 2.05) is 24.3 Å². The highest BCUT2D eigenvalue weighted by Gasteiger charge is 2.15. The van der Waals surface area contributed by atoms with E-state index in [0.717, 1.165) is 38.5 Å². The summed E-state index contributed by atoms with van der Waals surface area (Å²) in [6, 6.07) is 12.3. The quantitative estimate of drug-likeness (QED) is 0.222. The monoisotopic (exact) mass is 411 g/mol. The van der Waals surface area contributed by atoms with Crippen LogP contribution >= 0.6 is 0 Å². The number of carbonyl (C=O) groups excluding carboxylic acids is 1. The van der Waals surface area contributed by atoms with Crippen molar-refractivity contribution in [1.29, 1.82) is 0 Å². The number of nitrogens with zero attached hydrogens (tertiary/aromatic N) is 1. The summed E-state index contributed by atoms with van der Waals surface area (Å²) in [7, 11) is 0. The molecule has 0 aliphatic carbocycles. The lowest BCUT2D eigenvalue weighted by Crippen LogP contribution is -2.12. The van der Waals surface area contributed by atoms with Crippen LogP contribution in [0.5, 0.6) is 0 Å². The first-order valence-corrected chi connectivity index (χ1v) is 11.0. The zero-order chi connectivity index (χ0) is 21.8. The van der Waals surface area contributed by atoms with Gasteiger partial charge in [-0.25, -0.2) is 0 Å². The first kappa shape index (κ1) is 23.4. The van der Waals surface area contributed by atoms with Crippen molar-refractivity contribution in [3.8, 4) is 0 Å². The molecule has 2 aromatic rings. The normalized spacial score (nSPS) is 10.6. The molecular weight excluding hydrogens is 378 g/mol. The third kappa shape index (κ3) is 7.50. The van der Waals surface area contributed by atoms with E-state index in [-0.39, 0.29) is 11.6 Å². The fraction of sp³-hybridized carbons (Fsp3) is 0.458. The lowest BCUT2D eigenvalue weighted by Gasteiger charge is -2.11. The Kier molecular flexibility index (Phi) is 9.84. The average molecular weight is 412 g/mol. The molecule has 0 bridgehead atoms. The first-order valence-electron chi connectivity index (χ1n) is 11.0. The third-order valence-electron chi connectivity index (χ3n) is 5.08. The van der Waals surface area contributed by atoms with Crippen molar-refractivity contribution in [2.45, 2.75) is 65.2 Å². The van der Waals surface area contributed by atoms with Crippen LogP contribution in [0.3, 0.4) is 0 Å². The Morgan fingerprint density at radius 2 is 1.63 bits per heavy atom. The van der Waals surface area contributed by atoms with Crippen molar-refractivity contribution in [2.75, 3.05) is 17.2 Å². The van der Waals surface area contributed by atoms with E-state index in [4.69, 9.17) is 0 Å². The standard InChI is InChI=1S/C24H33N3O3/c1-3-5-7-9-17-25-22-18-21(15-16-23(22)27(29)30)26-24(28)20-13-11-19(12-14-20)10-8-6-4-2/h11-16,18,25H,3-10,17H2,1-2H3,(H,26,28). The van der Waals surface area contributed by atoms with E-state index in [9.17, 15) is 14.9 Å². The SMILES string of the molecule is CCCCCCNc1cc(NC(=O)c2ccc(CCCCC)cc2)ccc1[N+](=O)[O-]. The van der Waals surface area contributed by atoms with Gasteiger partial charge in [-0.05, 0) is 49.1 Å². The minimum Gasteiger partial charge on any atom is -0.379 e. The van der Waals surface area contributed by atoms with Gasteiger partial charge in [0.25, 0.3) is 11.6 Å². The lowest BCUT2D eigenvalue weighted by atomic mass is 10.1. The highest BCUT2D eigenvalue weighted by Crippen LogP contribution is 2.28. The van der Waals surface area contributed by atoms with Crippen molar-refractivity contribution in [1.82, 2.24) is 0 Å². The van der Waals surface area contributed by atoms with Gasteiger partial charge in [-0.15, -0.1) is 0 Å². The molecule has 0 saturated carbocycles. The Morgan fingerprint density at radius 3 is 2.30 bits per heavy atom. The molecule has 2 N–H and O–H groups in total. The fourth-order valence-electron chi connectivity index (χ4n) is 3.29. The van der Waals surface area contributed by atoms with Crippen LogP contribution in [0.15, 0.2) is 42.5 Å². The van der Waals surface area contributed by atoms with Gasteiger partial charge in [0, 0.05) is 23.9 Å². The van der Waals surface area contributed by atoms with Gasteiger partial charge >= 0.3 is 0 Å². The smallest absolute Gasteiger partial charge is 0.292 e. The summed E-state index contributed by atoms with van der Waals surface area (Å²) < 4.78 is 0. The Labute approximate surface area is 179 Å². The van der Waals surface area contributed by atoms with Crippen molar-refractivity contribution in [3.05, 3.63) is 63.7 Å². The molecule has 6 heteroatoms. The number of hydrogen-bond donors (Lipinski definition) is 2. The van der Waals surface area contributed by atoms with Crippen molar-refractivity contribution >= 4 is 23.0 Å². The summed E-state index contributed by atoms with van der Waals surface area (Å²) in [4.78, 5) is 23.5. The van der Waals surface area contributed by atoms with Gasteiger partial charge in [-0.3, -0.25) is 14.9 Å². The van der Waals surface area contributed by atoms with Gasteiger partial charge in [-0.1, -0.05) is 58.1 Å². The van der Waals surface area contributed by atoms with Crippen LogP contribution in [0.2, 0.25) is 0 Å². The lowest BCUT2D eigenvalue weighted by molar-refractivity contribution is -0.383. The van der Waals surface area contributed by atoms with E-state index >= 15 is 0 Å². The molecule has 0 saturated heterocycles. The molecule has 2 rings (SSSR count). The van der Waals surface area contributed by atoms with Crippen LogP contribution in [0.25, 0.3) is 0 Å². The number of benzene rings is 2. The van der Waals surface area contributed by atoms with Crippen molar-refractivity contribution < 1.29 is 9.72 Å². The molecule has 6 nitrogen and oxygen atoms in total. The number of hydrogen-bond acceptors (Lipinski definition) is 4. The summed E-state index contributed by atoms with van der Waals surface area (Å²) in [6.45, 7) is 4.99. The largest absolute Gasteiger partial charge is 0.379 e. The van der Waals surface area contributed by atoms with E-state index < -0.39 is 4.92 Å². The van der Waals surface area contributed by atoms with Crippen LogP contribution in [0, 0.1) is 10.1 Å². The summed E-state index contributed by atoms with van der Waals surface area (Å²) in [5.74, 6) is -0.224. The summed E-state index contributed by atoms with van der Waals surface area (Å²) in [6.07, 6.45) is 8.89. The van der Waals surface area contributed by atoms with Gasteiger partial charge in [0.15, 0.2) is 0 Å².